The van der Waals surface area contributed by atoms with Crippen molar-refractivity contribution in [2.24, 2.45) is 0 Å². The van der Waals surface area contributed by atoms with Gasteiger partial charge >= 0.3 is 11.9 Å². The zero-order valence-corrected chi connectivity index (χ0v) is 13.1. The second kappa shape index (κ2) is 6.54. The Morgan fingerprint density at radius 2 is 1.25 bits per heavy atom. The summed E-state index contributed by atoms with van der Waals surface area (Å²) in [5.74, 6) is -0.0537. The smallest absolute Gasteiger partial charge is 0.335 e. The number of ether oxygens (including phenoxy) is 2. The summed E-state index contributed by atoms with van der Waals surface area (Å²) >= 11 is 0. The van der Waals surface area contributed by atoms with Crippen molar-refractivity contribution in [3.8, 4) is 11.5 Å². The number of carbonyl (C=O) groups is 2. The molecule has 4 heteroatoms. The molecule has 0 unspecified atom stereocenters. The maximum absolute atomic E-state index is 11.8. The maximum atomic E-state index is 11.8. The van der Waals surface area contributed by atoms with Gasteiger partial charge in [-0.3, -0.25) is 0 Å². The topological polar surface area (TPSA) is 52.6 Å². The Morgan fingerprint density at radius 3 is 1.62 bits per heavy atom. The van der Waals surface area contributed by atoms with Crippen molar-refractivity contribution in [3.05, 3.63) is 72.9 Å². The third kappa shape index (κ3) is 2.74. The van der Waals surface area contributed by atoms with Gasteiger partial charge in [-0.15, -0.1) is 0 Å². The molecule has 3 rings (SSSR count). The number of rotatable bonds is 4. The Morgan fingerprint density at radius 1 is 0.833 bits per heavy atom. The average molecular weight is 320 g/mol. The van der Waals surface area contributed by atoms with Crippen LogP contribution >= 0.6 is 0 Å². The monoisotopic (exact) mass is 320 g/mol. The van der Waals surface area contributed by atoms with E-state index in [1.165, 1.54) is 0 Å². The highest BCUT2D eigenvalue weighted by Gasteiger charge is 2.24. The van der Waals surface area contributed by atoms with Crippen molar-refractivity contribution in [2.45, 2.75) is 12.8 Å². The van der Waals surface area contributed by atoms with E-state index >= 15 is 0 Å². The van der Waals surface area contributed by atoms with Gasteiger partial charge < -0.3 is 9.47 Å². The molecule has 0 radical (unpaired) electrons. The predicted octanol–water partition coefficient (Wildman–Crippen LogP) is 3.68. The van der Waals surface area contributed by atoms with Gasteiger partial charge in [0.25, 0.3) is 0 Å². The Labute approximate surface area is 139 Å². The van der Waals surface area contributed by atoms with Crippen molar-refractivity contribution in [1.82, 2.24) is 0 Å². The molecule has 2 aromatic carbocycles. The lowest BCUT2D eigenvalue weighted by Gasteiger charge is -2.21. The molecule has 1 aliphatic rings. The number of allylic oxidation sites excluding steroid dienone is 2. The van der Waals surface area contributed by atoms with E-state index in [0.717, 1.165) is 23.3 Å². The molecule has 120 valence electrons. The van der Waals surface area contributed by atoms with Gasteiger partial charge in [-0.1, -0.05) is 49.6 Å². The van der Waals surface area contributed by atoms with Crippen LogP contribution < -0.4 is 9.47 Å². The van der Waals surface area contributed by atoms with Crippen molar-refractivity contribution in [2.75, 3.05) is 0 Å². The SMILES string of the molecule is C=CC(=O)Oc1c2c(c(OC(=O)C=C)c3ccccc13)CC=CC2. The zero-order valence-electron chi connectivity index (χ0n) is 13.1. The van der Waals surface area contributed by atoms with Gasteiger partial charge in [-0.25, -0.2) is 9.59 Å². The molecule has 2 aromatic rings. The second-order valence-corrected chi connectivity index (χ2v) is 5.29. The highest BCUT2D eigenvalue weighted by Crippen LogP contribution is 2.43. The van der Waals surface area contributed by atoms with Crippen LogP contribution in [0, 0.1) is 0 Å². The van der Waals surface area contributed by atoms with E-state index in [4.69, 9.17) is 9.47 Å². The Bertz CT molecular complexity index is 818. The van der Waals surface area contributed by atoms with Crippen LogP contribution in [0.15, 0.2) is 61.7 Å². The van der Waals surface area contributed by atoms with Gasteiger partial charge in [-0.2, -0.15) is 0 Å². The maximum Gasteiger partial charge on any atom is 0.335 e. The van der Waals surface area contributed by atoms with Crippen LogP contribution in [0.5, 0.6) is 11.5 Å². The van der Waals surface area contributed by atoms with Crippen molar-refractivity contribution in [3.63, 3.8) is 0 Å². The lowest BCUT2D eigenvalue weighted by molar-refractivity contribution is -0.130. The Hall–Kier alpha value is -3.14. The minimum absolute atomic E-state index is 0.494. The molecule has 0 N–H and O–H groups in total. The number of esters is 2. The summed E-state index contributed by atoms with van der Waals surface area (Å²) in [5, 5.41) is 1.43. The molecule has 4 nitrogen and oxygen atoms in total. The second-order valence-electron chi connectivity index (χ2n) is 5.29. The highest BCUT2D eigenvalue weighted by atomic mass is 16.5. The van der Waals surface area contributed by atoms with Crippen LogP contribution in [-0.2, 0) is 22.4 Å². The fourth-order valence-corrected chi connectivity index (χ4v) is 2.83. The van der Waals surface area contributed by atoms with Crippen LogP contribution in [0.1, 0.15) is 11.1 Å². The zero-order chi connectivity index (χ0) is 17.1. The van der Waals surface area contributed by atoms with Crippen LogP contribution in [-0.4, -0.2) is 11.9 Å². The van der Waals surface area contributed by atoms with E-state index in [-0.39, 0.29) is 0 Å². The number of benzene rings is 2. The minimum atomic E-state index is -0.521. The molecule has 0 fully saturated rings. The number of hydrogen-bond donors (Lipinski definition) is 0. The molecular formula is C20H16O4. The molecule has 24 heavy (non-hydrogen) atoms. The van der Waals surface area contributed by atoms with E-state index in [1.54, 1.807) is 0 Å². The van der Waals surface area contributed by atoms with E-state index < -0.39 is 11.9 Å². The Balaban J connectivity index is 2.31. The summed E-state index contributed by atoms with van der Waals surface area (Å²) in [5.41, 5.74) is 1.69. The summed E-state index contributed by atoms with van der Waals surface area (Å²) in [6, 6.07) is 7.37. The van der Waals surface area contributed by atoms with Crippen molar-refractivity contribution >= 4 is 22.7 Å². The van der Waals surface area contributed by atoms with Gasteiger partial charge in [0.1, 0.15) is 11.5 Å². The fourth-order valence-electron chi connectivity index (χ4n) is 2.83. The molecule has 0 aliphatic heterocycles. The van der Waals surface area contributed by atoms with Gasteiger partial charge in [0.15, 0.2) is 0 Å². The van der Waals surface area contributed by atoms with Crippen molar-refractivity contribution < 1.29 is 19.1 Å². The lowest BCUT2D eigenvalue weighted by Crippen LogP contribution is -2.12. The quantitative estimate of drug-likeness (QED) is 0.373. The van der Waals surface area contributed by atoms with Gasteiger partial charge in [0.05, 0.1) is 0 Å². The van der Waals surface area contributed by atoms with Gasteiger partial charge in [-0.05, 0) is 12.8 Å². The van der Waals surface area contributed by atoms with E-state index in [1.807, 2.05) is 36.4 Å². The highest BCUT2D eigenvalue weighted by molar-refractivity contribution is 6.00. The molecular weight excluding hydrogens is 304 g/mol. The van der Waals surface area contributed by atoms with Crippen LogP contribution in [0.2, 0.25) is 0 Å². The first kappa shape index (κ1) is 15.7. The largest absolute Gasteiger partial charge is 0.422 e. The molecule has 0 spiro atoms. The van der Waals surface area contributed by atoms with Gasteiger partial charge in [0.2, 0.25) is 0 Å². The fraction of sp³-hybridized carbons (Fsp3) is 0.100. The molecule has 0 bridgehead atoms. The number of hydrogen-bond acceptors (Lipinski definition) is 4. The van der Waals surface area contributed by atoms with Crippen LogP contribution in [0.25, 0.3) is 10.8 Å². The van der Waals surface area contributed by atoms with Crippen LogP contribution in [0.4, 0.5) is 0 Å². The van der Waals surface area contributed by atoms with Gasteiger partial charge in [0, 0.05) is 34.1 Å². The first-order chi connectivity index (χ1) is 11.7. The molecule has 0 aromatic heterocycles. The van der Waals surface area contributed by atoms with E-state index in [0.29, 0.717) is 35.1 Å². The van der Waals surface area contributed by atoms with Crippen LogP contribution in [0.3, 0.4) is 0 Å². The average Bonchev–Trinajstić information content (AvgIpc) is 2.63. The standard InChI is InChI=1S/C20H16O4/c1-3-17(21)23-19-13-9-5-7-11-15(13)20(24-18(22)4-2)16-12-8-6-10-14(16)19/h3-9,11H,1-2,10,12H2. The molecule has 0 atom stereocenters. The lowest BCUT2D eigenvalue weighted by atomic mass is 9.90. The molecule has 0 saturated carbocycles. The molecule has 0 amide bonds. The summed E-state index contributed by atoms with van der Waals surface area (Å²) in [7, 11) is 0. The van der Waals surface area contributed by atoms with E-state index in [9.17, 15) is 9.59 Å². The molecule has 0 heterocycles. The normalized spacial score (nSPS) is 12.3. The number of carbonyl (C=O) groups excluding carboxylic acids is 2. The van der Waals surface area contributed by atoms with Crippen molar-refractivity contribution in [1.29, 1.82) is 0 Å². The third-order valence-corrected chi connectivity index (χ3v) is 3.88. The predicted molar refractivity (Wildman–Crippen MR) is 92.2 cm³/mol. The molecule has 0 saturated heterocycles. The molecule has 1 aliphatic carbocycles. The summed E-state index contributed by atoms with van der Waals surface area (Å²) in [6.45, 7) is 6.90. The summed E-state index contributed by atoms with van der Waals surface area (Å²) < 4.78 is 11.0. The summed E-state index contributed by atoms with van der Waals surface area (Å²) in [6.07, 6.45) is 7.46. The minimum Gasteiger partial charge on any atom is -0.422 e. The first-order valence-electron chi connectivity index (χ1n) is 7.55. The third-order valence-electron chi connectivity index (χ3n) is 3.88. The summed E-state index contributed by atoms with van der Waals surface area (Å²) in [4.78, 5) is 23.5. The first-order valence-corrected chi connectivity index (χ1v) is 7.55. The Kier molecular flexibility index (Phi) is 4.29. The number of fused-ring (bicyclic) bond motifs is 2. The van der Waals surface area contributed by atoms with E-state index in [2.05, 4.69) is 13.2 Å².